The summed E-state index contributed by atoms with van der Waals surface area (Å²) in [4.78, 5) is 16.0. The Balaban J connectivity index is 2.03. The zero-order chi connectivity index (χ0) is 13.7. The lowest BCUT2D eigenvalue weighted by atomic mass is 10.2. The third-order valence-electron chi connectivity index (χ3n) is 2.58. The number of carbonyl (C=O) groups excluding carboxylic acids is 1. The van der Waals surface area contributed by atoms with Gasteiger partial charge in [-0.15, -0.1) is 0 Å². The summed E-state index contributed by atoms with van der Waals surface area (Å²) in [5.74, 6) is 0.404. The summed E-state index contributed by atoms with van der Waals surface area (Å²) in [6.45, 7) is 3.88. The van der Waals surface area contributed by atoms with Gasteiger partial charge in [0, 0.05) is 11.8 Å². The molecule has 3 nitrogen and oxygen atoms in total. The van der Waals surface area contributed by atoms with Crippen molar-refractivity contribution in [2.45, 2.75) is 13.8 Å². The summed E-state index contributed by atoms with van der Waals surface area (Å²) in [5.41, 5.74) is 2.96. The first-order chi connectivity index (χ1) is 9.13. The van der Waals surface area contributed by atoms with Gasteiger partial charge in [-0.1, -0.05) is 30.3 Å². The fraction of sp³-hybridized carbons (Fsp3) is 0.125. The molecule has 0 saturated heterocycles. The molecule has 0 aliphatic carbocycles. The van der Waals surface area contributed by atoms with Gasteiger partial charge in [-0.05, 0) is 43.2 Å². The molecule has 0 spiro atoms. The number of hydrogen-bond donors (Lipinski definition) is 1. The number of pyridine rings is 1. The van der Waals surface area contributed by atoms with Crippen molar-refractivity contribution in [1.82, 2.24) is 4.98 Å². The second kappa shape index (κ2) is 5.96. The Morgan fingerprint density at radius 2 is 1.89 bits per heavy atom. The van der Waals surface area contributed by atoms with E-state index in [2.05, 4.69) is 10.3 Å². The second-order valence-corrected chi connectivity index (χ2v) is 4.40. The number of nitrogens with zero attached hydrogens (tertiary/aromatic N) is 1. The molecule has 0 saturated carbocycles. The predicted octanol–water partition coefficient (Wildman–Crippen LogP) is 3.35. The van der Waals surface area contributed by atoms with Crippen molar-refractivity contribution in [2.75, 3.05) is 5.32 Å². The van der Waals surface area contributed by atoms with Crippen LogP contribution in [0.2, 0.25) is 0 Å². The Labute approximate surface area is 113 Å². The predicted molar refractivity (Wildman–Crippen MR) is 77.8 cm³/mol. The van der Waals surface area contributed by atoms with Gasteiger partial charge in [-0.2, -0.15) is 0 Å². The molecule has 0 radical (unpaired) electrons. The van der Waals surface area contributed by atoms with E-state index in [-0.39, 0.29) is 5.91 Å². The van der Waals surface area contributed by atoms with Gasteiger partial charge in [0.05, 0.1) is 0 Å². The average molecular weight is 252 g/mol. The van der Waals surface area contributed by atoms with Gasteiger partial charge < -0.3 is 5.32 Å². The Bertz CT molecular complexity index is 583. The van der Waals surface area contributed by atoms with Gasteiger partial charge in [-0.25, -0.2) is 4.98 Å². The molecule has 1 amide bonds. The number of hydrogen-bond acceptors (Lipinski definition) is 2. The maximum Gasteiger partial charge on any atom is 0.249 e. The zero-order valence-corrected chi connectivity index (χ0v) is 11.1. The number of rotatable bonds is 3. The lowest BCUT2D eigenvalue weighted by molar-refractivity contribution is -0.111. The zero-order valence-electron chi connectivity index (χ0n) is 11.1. The molecule has 1 heterocycles. The first-order valence-corrected chi connectivity index (χ1v) is 6.13. The van der Waals surface area contributed by atoms with Crippen LogP contribution in [0, 0.1) is 13.8 Å². The quantitative estimate of drug-likeness (QED) is 0.851. The number of carbonyl (C=O) groups is 1. The van der Waals surface area contributed by atoms with E-state index in [1.165, 1.54) is 6.08 Å². The normalized spacial score (nSPS) is 10.6. The van der Waals surface area contributed by atoms with Gasteiger partial charge in [0.2, 0.25) is 5.91 Å². The maximum atomic E-state index is 11.8. The monoisotopic (exact) mass is 252 g/mol. The molecule has 2 aromatic rings. The van der Waals surface area contributed by atoms with Crippen LogP contribution < -0.4 is 5.32 Å². The highest BCUT2D eigenvalue weighted by Gasteiger charge is 2.00. The fourth-order valence-corrected chi connectivity index (χ4v) is 1.81. The molecule has 0 atom stereocenters. The SMILES string of the molecule is Cc1cc(C)nc(NC(=O)/C=C/c2ccccc2)c1. The molecule has 1 aromatic carbocycles. The van der Waals surface area contributed by atoms with Crippen molar-refractivity contribution in [3.63, 3.8) is 0 Å². The van der Waals surface area contributed by atoms with Gasteiger partial charge >= 0.3 is 0 Å². The summed E-state index contributed by atoms with van der Waals surface area (Å²) >= 11 is 0. The fourth-order valence-electron chi connectivity index (χ4n) is 1.81. The molecule has 0 aliphatic rings. The molecule has 2 rings (SSSR count). The second-order valence-electron chi connectivity index (χ2n) is 4.40. The number of aromatic nitrogens is 1. The van der Waals surface area contributed by atoms with Crippen LogP contribution >= 0.6 is 0 Å². The number of benzene rings is 1. The van der Waals surface area contributed by atoms with Crippen LogP contribution in [0.4, 0.5) is 5.82 Å². The van der Waals surface area contributed by atoms with E-state index < -0.39 is 0 Å². The standard InChI is InChI=1S/C16H16N2O/c1-12-10-13(2)17-15(11-12)18-16(19)9-8-14-6-4-3-5-7-14/h3-11H,1-2H3,(H,17,18,19)/b9-8+. The first kappa shape index (κ1) is 13.0. The van der Waals surface area contributed by atoms with Crippen molar-refractivity contribution in [3.05, 3.63) is 65.4 Å². The molecule has 1 N–H and O–H groups in total. The van der Waals surface area contributed by atoms with E-state index in [0.29, 0.717) is 5.82 Å². The topological polar surface area (TPSA) is 42.0 Å². The number of aryl methyl sites for hydroxylation is 2. The highest BCUT2D eigenvalue weighted by Crippen LogP contribution is 2.09. The summed E-state index contributed by atoms with van der Waals surface area (Å²) in [5, 5.41) is 2.76. The van der Waals surface area contributed by atoms with E-state index in [0.717, 1.165) is 16.8 Å². The van der Waals surface area contributed by atoms with Crippen molar-refractivity contribution < 1.29 is 4.79 Å². The molecule has 19 heavy (non-hydrogen) atoms. The molecule has 0 fully saturated rings. The van der Waals surface area contributed by atoms with Crippen LogP contribution in [-0.4, -0.2) is 10.9 Å². The van der Waals surface area contributed by atoms with Gasteiger partial charge in [0.1, 0.15) is 5.82 Å². The van der Waals surface area contributed by atoms with E-state index in [4.69, 9.17) is 0 Å². The molecular weight excluding hydrogens is 236 g/mol. The number of anilines is 1. The largest absolute Gasteiger partial charge is 0.307 e. The van der Waals surface area contributed by atoms with Gasteiger partial charge in [0.25, 0.3) is 0 Å². The number of nitrogens with one attached hydrogen (secondary N) is 1. The van der Waals surface area contributed by atoms with Crippen LogP contribution in [0.1, 0.15) is 16.8 Å². The van der Waals surface area contributed by atoms with Crippen LogP contribution in [0.5, 0.6) is 0 Å². The highest BCUT2D eigenvalue weighted by molar-refractivity contribution is 6.01. The van der Waals surface area contributed by atoms with Crippen molar-refractivity contribution in [1.29, 1.82) is 0 Å². The van der Waals surface area contributed by atoms with Crippen molar-refractivity contribution in [3.8, 4) is 0 Å². The third kappa shape index (κ3) is 4.07. The summed E-state index contributed by atoms with van der Waals surface area (Å²) in [7, 11) is 0. The van der Waals surface area contributed by atoms with Crippen molar-refractivity contribution in [2.24, 2.45) is 0 Å². The van der Waals surface area contributed by atoms with Crippen LogP contribution in [0.25, 0.3) is 6.08 Å². The molecular formula is C16H16N2O. The molecule has 0 bridgehead atoms. The lowest BCUT2D eigenvalue weighted by Crippen LogP contribution is -2.09. The van der Waals surface area contributed by atoms with Gasteiger partial charge in [0.15, 0.2) is 0 Å². The summed E-state index contributed by atoms with van der Waals surface area (Å²) in [6, 6.07) is 13.5. The smallest absolute Gasteiger partial charge is 0.249 e. The van der Waals surface area contributed by atoms with E-state index >= 15 is 0 Å². The lowest BCUT2D eigenvalue weighted by Gasteiger charge is -2.04. The average Bonchev–Trinajstić information content (AvgIpc) is 2.36. The third-order valence-corrected chi connectivity index (χ3v) is 2.58. The maximum absolute atomic E-state index is 11.8. The van der Waals surface area contributed by atoms with Crippen LogP contribution in [0.15, 0.2) is 48.5 Å². The molecule has 96 valence electrons. The van der Waals surface area contributed by atoms with E-state index in [9.17, 15) is 4.79 Å². The number of amides is 1. The van der Waals surface area contributed by atoms with Crippen LogP contribution in [-0.2, 0) is 4.79 Å². The van der Waals surface area contributed by atoms with Crippen LogP contribution in [0.3, 0.4) is 0 Å². The minimum Gasteiger partial charge on any atom is -0.307 e. The molecule has 1 aromatic heterocycles. The summed E-state index contributed by atoms with van der Waals surface area (Å²) < 4.78 is 0. The molecule has 0 unspecified atom stereocenters. The molecule has 3 heteroatoms. The first-order valence-electron chi connectivity index (χ1n) is 6.13. The Morgan fingerprint density at radius 1 is 1.16 bits per heavy atom. The van der Waals surface area contributed by atoms with Gasteiger partial charge in [-0.3, -0.25) is 4.79 Å². The Hall–Kier alpha value is -2.42. The van der Waals surface area contributed by atoms with E-state index in [1.807, 2.05) is 56.3 Å². The molecule has 0 aliphatic heterocycles. The van der Waals surface area contributed by atoms with Crippen molar-refractivity contribution >= 4 is 17.8 Å². The minimum atomic E-state index is -0.179. The highest BCUT2D eigenvalue weighted by atomic mass is 16.1. The minimum absolute atomic E-state index is 0.179. The van der Waals surface area contributed by atoms with E-state index in [1.54, 1.807) is 6.08 Å². The Morgan fingerprint density at radius 3 is 2.58 bits per heavy atom. The summed E-state index contributed by atoms with van der Waals surface area (Å²) in [6.07, 6.45) is 3.28. The Kier molecular flexibility index (Phi) is 4.08.